The van der Waals surface area contributed by atoms with Crippen molar-refractivity contribution in [1.29, 1.82) is 0 Å². The summed E-state index contributed by atoms with van der Waals surface area (Å²) >= 11 is 6.56. The summed E-state index contributed by atoms with van der Waals surface area (Å²) in [6, 6.07) is 3.81. The largest absolute Gasteiger partial charge is 0.356 e. The van der Waals surface area contributed by atoms with Gasteiger partial charge >= 0.3 is 0 Å². The molecule has 8 heteroatoms. The molecule has 0 aromatic carbocycles. The second-order valence-electron chi connectivity index (χ2n) is 7.84. The Morgan fingerprint density at radius 1 is 1.30 bits per heavy atom. The van der Waals surface area contributed by atoms with E-state index in [0.29, 0.717) is 38.7 Å². The minimum atomic E-state index is -0.197. The number of carbonyl (C=O) groups is 1. The monoisotopic (exact) mass is 440 g/mol. The van der Waals surface area contributed by atoms with Crippen molar-refractivity contribution < 1.29 is 4.79 Å². The SMILES string of the molecule is C=CCN1C(=O)/C(=C\c2c(N3CCC(C)CC3)nc3ccc(C)cn3c2=O)SC1=S. The number of rotatable bonds is 4. The molecule has 30 heavy (non-hydrogen) atoms. The number of carbonyl (C=O) groups excluding carboxylic acids is 1. The lowest BCUT2D eigenvalue weighted by atomic mass is 9.99. The maximum atomic E-state index is 13.5. The summed E-state index contributed by atoms with van der Waals surface area (Å²) in [4.78, 5) is 35.2. The predicted molar refractivity (Wildman–Crippen MR) is 127 cm³/mol. The van der Waals surface area contributed by atoms with Gasteiger partial charge in [-0.05, 0) is 43.4 Å². The van der Waals surface area contributed by atoms with Crippen molar-refractivity contribution in [3.8, 4) is 0 Å². The normalized spacial score (nSPS) is 19.3. The number of thiocarbonyl (C=S) groups is 1. The lowest BCUT2D eigenvalue weighted by molar-refractivity contribution is -0.121. The molecule has 0 saturated carbocycles. The Labute approximate surface area is 185 Å². The maximum absolute atomic E-state index is 13.5. The molecule has 6 nitrogen and oxygen atoms in total. The van der Waals surface area contributed by atoms with Gasteiger partial charge in [0.2, 0.25) is 0 Å². The molecule has 0 aliphatic carbocycles. The minimum absolute atomic E-state index is 0.175. The summed E-state index contributed by atoms with van der Waals surface area (Å²) in [5, 5.41) is 0. The molecule has 0 spiro atoms. The van der Waals surface area contributed by atoms with Gasteiger partial charge in [0.15, 0.2) is 0 Å². The number of pyridine rings is 1. The van der Waals surface area contributed by atoms with E-state index >= 15 is 0 Å². The molecule has 2 aromatic heterocycles. The smallest absolute Gasteiger partial charge is 0.267 e. The van der Waals surface area contributed by atoms with Crippen LogP contribution in [0.5, 0.6) is 0 Å². The van der Waals surface area contributed by atoms with Crippen molar-refractivity contribution >= 4 is 51.7 Å². The third kappa shape index (κ3) is 3.81. The quantitative estimate of drug-likeness (QED) is 0.411. The summed E-state index contributed by atoms with van der Waals surface area (Å²) in [7, 11) is 0. The van der Waals surface area contributed by atoms with Crippen molar-refractivity contribution in [3.63, 3.8) is 0 Å². The standard InChI is InChI=1S/C22H24N4O2S2/c1-4-9-25-21(28)17(30-22(25)29)12-16-19(24-10-7-14(2)8-11-24)23-18-6-5-15(3)13-26(18)20(16)27/h4-6,12-14H,1,7-11H2,2-3H3/b17-12+. The minimum Gasteiger partial charge on any atom is -0.356 e. The highest BCUT2D eigenvalue weighted by atomic mass is 32.2. The molecule has 2 fully saturated rings. The molecule has 0 radical (unpaired) electrons. The number of thioether (sulfide) groups is 1. The van der Waals surface area contributed by atoms with Crippen molar-refractivity contribution in [2.75, 3.05) is 24.5 Å². The molecule has 2 aliphatic rings. The molecule has 4 heterocycles. The van der Waals surface area contributed by atoms with Gasteiger partial charge < -0.3 is 4.90 Å². The van der Waals surface area contributed by atoms with Gasteiger partial charge in [-0.1, -0.05) is 43.0 Å². The van der Waals surface area contributed by atoms with E-state index in [0.717, 1.165) is 31.5 Å². The van der Waals surface area contributed by atoms with Gasteiger partial charge in [0, 0.05) is 25.8 Å². The number of nitrogens with zero attached hydrogens (tertiary/aromatic N) is 4. The molecule has 2 saturated heterocycles. The van der Waals surface area contributed by atoms with E-state index in [9.17, 15) is 9.59 Å². The van der Waals surface area contributed by atoms with Crippen LogP contribution in [0, 0.1) is 12.8 Å². The first kappa shape index (κ1) is 20.8. The highest BCUT2D eigenvalue weighted by Crippen LogP contribution is 2.34. The van der Waals surface area contributed by atoms with Crippen LogP contribution in [0.25, 0.3) is 11.7 Å². The molecule has 4 rings (SSSR count). The van der Waals surface area contributed by atoms with Gasteiger partial charge in [0.25, 0.3) is 11.5 Å². The zero-order valence-corrected chi connectivity index (χ0v) is 18.8. The number of anilines is 1. The van der Waals surface area contributed by atoms with Gasteiger partial charge in [0.1, 0.15) is 15.8 Å². The topological polar surface area (TPSA) is 57.9 Å². The second kappa shape index (κ2) is 8.35. The first-order chi connectivity index (χ1) is 14.4. The van der Waals surface area contributed by atoms with Crippen LogP contribution in [0.2, 0.25) is 0 Å². The van der Waals surface area contributed by atoms with Gasteiger partial charge in [-0.3, -0.25) is 18.9 Å². The summed E-state index contributed by atoms with van der Waals surface area (Å²) in [6.07, 6.45) is 7.20. The molecular formula is C22H24N4O2S2. The van der Waals surface area contributed by atoms with E-state index in [1.165, 1.54) is 16.7 Å². The molecule has 2 aliphatic heterocycles. The van der Waals surface area contributed by atoms with Gasteiger partial charge in [-0.15, -0.1) is 6.58 Å². The number of fused-ring (bicyclic) bond motifs is 1. The Morgan fingerprint density at radius 2 is 2.03 bits per heavy atom. The molecule has 0 N–H and O–H groups in total. The summed E-state index contributed by atoms with van der Waals surface area (Å²) < 4.78 is 2.03. The molecule has 156 valence electrons. The maximum Gasteiger partial charge on any atom is 0.267 e. The van der Waals surface area contributed by atoms with Crippen LogP contribution in [0.4, 0.5) is 5.82 Å². The Hall–Kier alpha value is -2.45. The number of amides is 1. The lowest BCUT2D eigenvalue weighted by Gasteiger charge is -2.32. The highest BCUT2D eigenvalue weighted by Gasteiger charge is 2.32. The Morgan fingerprint density at radius 3 is 2.73 bits per heavy atom. The fraction of sp³-hybridized carbons (Fsp3) is 0.364. The number of hydrogen-bond acceptors (Lipinski definition) is 6. The molecule has 0 bridgehead atoms. The van der Waals surface area contributed by atoms with Gasteiger partial charge in [-0.25, -0.2) is 4.98 Å². The fourth-order valence-corrected chi connectivity index (χ4v) is 5.01. The Bertz CT molecular complexity index is 1130. The molecule has 0 atom stereocenters. The van der Waals surface area contributed by atoms with Crippen molar-refractivity contribution in [2.45, 2.75) is 26.7 Å². The van der Waals surface area contributed by atoms with Crippen LogP contribution in [0.15, 0.2) is 40.7 Å². The lowest BCUT2D eigenvalue weighted by Crippen LogP contribution is -2.36. The first-order valence-electron chi connectivity index (χ1n) is 10.0. The number of aromatic nitrogens is 2. The van der Waals surface area contributed by atoms with Crippen LogP contribution in [0.1, 0.15) is 30.9 Å². The fourth-order valence-electron chi connectivity index (χ4n) is 3.75. The van der Waals surface area contributed by atoms with Gasteiger partial charge in [0.05, 0.1) is 10.5 Å². The van der Waals surface area contributed by atoms with E-state index in [2.05, 4.69) is 18.4 Å². The van der Waals surface area contributed by atoms with Crippen LogP contribution < -0.4 is 10.5 Å². The van der Waals surface area contributed by atoms with Crippen LogP contribution in [-0.4, -0.2) is 44.1 Å². The number of hydrogen-bond donors (Lipinski definition) is 0. The Kier molecular flexibility index (Phi) is 5.79. The van der Waals surface area contributed by atoms with E-state index in [1.54, 1.807) is 22.7 Å². The third-order valence-corrected chi connectivity index (χ3v) is 6.91. The highest BCUT2D eigenvalue weighted by molar-refractivity contribution is 8.26. The zero-order valence-electron chi connectivity index (χ0n) is 17.1. The molecular weight excluding hydrogens is 416 g/mol. The van der Waals surface area contributed by atoms with Crippen molar-refractivity contribution in [1.82, 2.24) is 14.3 Å². The first-order valence-corrected chi connectivity index (χ1v) is 11.3. The second-order valence-corrected chi connectivity index (χ2v) is 9.52. The predicted octanol–water partition coefficient (Wildman–Crippen LogP) is 3.63. The van der Waals surface area contributed by atoms with Crippen LogP contribution in [-0.2, 0) is 4.79 Å². The summed E-state index contributed by atoms with van der Waals surface area (Å²) in [5.74, 6) is 1.10. The van der Waals surface area contributed by atoms with E-state index in [4.69, 9.17) is 17.2 Å². The zero-order chi connectivity index (χ0) is 21.4. The molecule has 2 aromatic rings. The van der Waals surface area contributed by atoms with Crippen molar-refractivity contribution in [2.24, 2.45) is 5.92 Å². The number of aryl methyl sites for hydroxylation is 1. The molecule has 1 amide bonds. The third-order valence-electron chi connectivity index (χ3n) is 5.53. The summed E-state index contributed by atoms with van der Waals surface area (Å²) in [5.41, 5.74) is 1.84. The average Bonchev–Trinajstić information content (AvgIpc) is 2.99. The van der Waals surface area contributed by atoms with E-state index in [-0.39, 0.29) is 11.5 Å². The molecule has 0 unspecified atom stereocenters. The van der Waals surface area contributed by atoms with Crippen molar-refractivity contribution in [3.05, 3.63) is 57.4 Å². The van der Waals surface area contributed by atoms with E-state index in [1.807, 2.05) is 19.1 Å². The van der Waals surface area contributed by atoms with Crippen LogP contribution in [0.3, 0.4) is 0 Å². The number of piperidine rings is 1. The van der Waals surface area contributed by atoms with Gasteiger partial charge in [-0.2, -0.15) is 0 Å². The summed E-state index contributed by atoms with van der Waals surface area (Å²) in [6.45, 7) is 9.91. The van der Waals surface area contributed by atoms with E-state index < -0.39 is 0 Å². The average molecular weight is 441 g/mol. The Balaban J connectivity index is 1.87. The van der Waals surface area contributed by atoms with Crippen LogP contribution >= 0.6 is 24.0 Å².